The molecule has 0 radical (unpaired) electrons. The minimum absolute atomic E-state index is 0.0241. The molecule has 3 aromatic carbocycles. The van der Waals surface area contributed by atoms with Crippen molar-refractivity contribution in [3.63, 3.8) is 0 Å². The number of sulfonamides is 1. The Labute approximate surface area is 241 Å². The number of hydrogen-bond donors (Lipinski definition) is 1. The van der Waals surface area contributed by atoms with E-state index >= 15 is 0 Å². The van der Waals surface area contributed by atoms with E-state index in [1.54, 1.807) is 25.1 Å². The summed E-state index contributed by atoms with van der Waals surface area (Å²) >= 11 is 6.01. The maximum absolute atomic E-state index is 14.0. The SMILES string of the molecule is CC[C@@H](C)NC(=O)[C@H](CC)N(Cc1ccc(C)cc1)C(=O)CN(c1ccc(F)c(Cl)c1)S(=O)(=O)c1ccccc1. The van der Waals surface area contributed by atoms with Gasteiger partial charge in [-0.15, -0.1) is 0 Å². The van der Waals surface area contributed by atoms with E-state index in [4.69, 9.17) is 11.6 Å². The molecule has 2 atom stereocenters. The lowest BCUT2D eigenvalue weighted by molar-refractivity contribution is -0.140. The zero-order chi connectivity index (χ0) is 29.4. The highest BCUT2D eigenvalue weighted by Crippen LogP contribution is 2.28. The molecule has 7 nitrogen and oxygen atoms in total. The summed E-state index contributed by atoms with van der Waals surface area (Å²) in [5.74, 6) is -1.63. The van der Waals surface area contributed by atoms with Crippen molar-refractivity contribution in [2.75, 3.05) is 10.8 Å². The first-order valence-corrected chi connectivity index (χ1v) is 15.0. The van der Waals surface area contributed by atoms with Crippen LogP contribution in [0.15, 0.2) is 77.7 Å². The van der Waals surface area contributed by atoms with E-state index in [2.05, 4.69) is 5.32 Å². The molecule has 0 heterocycles. The monoisotopic (exact) mass is 587 g/mol. The Hall–Kier alpha value is -3.43. The second-order valence-corrected chi connectivity index (χ2v) is 11.9. The summed E-state index contributed by atoms with van der Waals surface area (Å²) in [7, 11) is -4.26. The Kier molecular flexibility index (Phi) is 10.7. The van der Waals surface area contributed by atoms with E-state index in [1.165, 1.54) is 29.2 Å². The molecule has 0 aliphatic rings. The molecule has 0 bridgehead atoms. The summed E-state index contributed by atoms with van der Waals surface area (Å²) in [5, 5.41) is 2.66. The van der Waals surface area contributed by atoms with Crippen molar-refractivity contribution < 1.29 is 22.4 Å². The Balaban J connectivity index is 2.06. The summed E-state index contributed by atoms with van der Waals surface area (Å²) in [6.07, 6.45) is 1.02. The van der Waals surface area contributed by atoms with Gasteiger partial charge in [0.2, 0.25) is 11.8 Å². The van der Waals surface area contributed by atoms with Crippen LogP contribution < -0.4 is 9.62 Å². The van der Waals surface area contributed by atoms with Crippen molar-refractivity contribution in [3.8, 4) is 0 Å². The fraction of sp³-hybridized carbons (Fsp3) is 0.333. The number of benzene rings is 3. The summed E-state index contributed by atoms with van der Waals surface area (Å²) < 4.78 is 42.5. The van der Waals surface area contributed by atoms with E-state index in [0.29, 0.717) is 12.8 Å². The van der Waals surface area contributed by atoms with Gasteiger partial charge in [-0.25, -0.2) is 12.8 Å². The van der Waals surface area contributed by atoms with Crippen LogP contribution in [-0.2, 0) is 26.2 Å². The molecule has 0 unspecified atom stereocenters. The molecule has 0 fully saturated rings. The minimum Gasteiger partial charge on any atom is -0.352 e. The maximum atomic E-state index is 14.0. The molecule has 3 aromatic rings. The smallest absolute Gasteiger partial charge is 0.264 e. The maximum Gasteiger partial charge on any atom is 0.264 e. The number of carbonyl (C=O) groups excluding carboxylic acids is 2. The van der Waals surface area contributed by atoms with Gasteiger partial charge < -0.3 is 10.2 Å². The fourth-order valence-electron chi connectivity index (χ4n) is 4.14. The first-order chi connectivity index (χ1) is 19.0. The zero-order valence-corrected chi connectivity index (χ0v) is 24.7. The van der Waals surface area contributed by atoms with Crippen LogP contribution in [0.3, 0.4) is 0 Å². The lowest BCUT2D eigenvalue weighted by Crippen LogP contribution is -2.53. The lowest BCUT2D eigenvalue weighted by atomic mass is 10.1. The summed E-state index contributed by atoms with van der Waals surface area (Å²) in [6.45, 7) is 7.04. The standard InChI is InChI=1S/C30H35ClFN3O4S/c1-5-22(4)33-30(37)28(6-2)34(19-23-14-12-21(3)13-15-23)29(36)20-35(24-16-17-27(32)26(31)18-24)40(38,39)25-10-8-7-9-11-25/h7-18,22,28H,5-6,19-20H2,1-4H3,(H,33,37)/t22-,28+/m1/s1. The highest BCUT2D eigenvalue weighted by Gasteiger charge is 2.34. The summed E-state index contributed by atoms with van der Waals surface area (Å²) in [6, 6.07) is 17.7. The third-order valence-electron chi connectivity index (χ3n) is 6.66. The van der Waals surface area contributed by atoms with Crippen molar-refractivity contribution in [1.82, 2.24) is 10.2 Å². The third kappa shape index (κ3) is 7.61. The molecule has 1 N–H and O–H groups in total. The number of hydrogen-bond acceptors (Lipinski definition) is 4. The van der Waals surface area contributed by atoms with Gasteiger partial charge in [0.05, 0.1) is 15.6 Å². The Bertz CT molecular complexity index is 1420. The molecule has 2 amide bonds. The largest absolute Gasteiger partial charge is 0.352 e. The van der Waals surface area contributed by atoms with E-state index in [0.717, 1.165) is 21.5 Å². The number of carbonyl (C=O) groups is 2. The molecule has 214 valence electrons. The lowest BCUT2D eigenvalue weighted by Gasteiger charge is -2.33. The molecule has 3 rings (SSSR count). The number of amides is 2. The van der Waals surface area contributed by atoms with E-state index in [-0.39, 0.29) is 34.1 Å². The molecular weight excluding hydrogens is 553 g/mol. The molecule has 0 saturated heterocycles. The topological polar surface area (TPSA) is 86.8 Å². The quantitative estimate of drug-likeness (QED) is 0.294. The summed E-state index contributed by atoms with van der Waals surface area (Å²) in [4.78, 5) is 28.7. The number of nitrogens with one attached hydrogen (secondary N) is 1. The first kappa shape index (κ1) is 31.1. The normalized spacial score (nSPS) is 12.8. The Morgan fingerprint density at radius 1 is 0.975 bits per heavy atom. The predicted molar refractivity (Wildman–Crippen MR) is 156 cm³/mol. The van der Waals surface area contributed by atoms with Gasteiger partial charge >= 0.3 is 0 Å². The third-order valence-corrected chi connectivity index (χ3v) is 8.74. The molecule has 10 heteroatoms. The van der Waals surface area contributed by atoms with Crippen molar-refractivity contribution in [2.45, 2.75) is 64.1 Å². The molecule has 0 saturated carbocycles. The van der Waals surface area contributed by atoms with Crippen LogP contribution in [0.5, 0.6) is 0 Å². The van der Waals surface area contributed by atoms with Crippen LogP contribution >= 0.6 is 11.6 Å². The molecule has 0 aliphatic carbocycles. The minimum atomic E-state index is -4.26. The Morgan fingerprint density at radius 3 is 2.20 bits per heavy atom. The average Bonchev–Trinajstić information content (AvgIpc) is 2.94. The van der Waals surface area contributed by atoms with Gasteiger partial charge in [0.15, 0.2) is 0 Å². The van der Waals surface area contributed by atoms with Crippen LogP contribution in [0.25, 0.3) is 0 Å². The number of anilines is 1. The van der Waals surface area contributed by atoms with Crippen LogP contribution in [0, 0.1) is 12.7 Å². The number of halogens is 2. The number of rotatable bonds is 12. The summed E-state index contributed by atoms with van der Waals surface area (Å²) in [5.41, 5.74) is 1.85. The van der Waals surface area contributed by atoms with Crippen LogP contribution in [0.4, 0.5) is 10.1 Å². The van der Waals surface area contributed by atoms with Crippen LogP contribution in [-0.4, -0.2) is 43.8 Å². The number of nitrogens with zero attached hydrogens (tertiary/aromatic N) is 2. The van der Waals surface area contributed by atoms with Gasteiger partial charge in [-0.2, -0.15) is 0 Å². The van der Waals surface area contributed by atoms with Gasteiger partial charge in [0, 0.05) is 12.6 Å². The van der Waals surface area contributed by atoms with Crippen molar-refractivity contribution in [2.24, 2.45) is 0 Å². The van der Waals surface area contributed by atoms with Gasteiger partial charge in [-0.1, -0.05) is 73.5 Å². The molecule has 0 aliphatic heterocycles. The molecule has 0 spiro atoms. The van der Waals surface area contributed by atoms with E-state index in [1.807, 2.05) is 45.0 Å². The zero-order valence-electron chi connectivity index (χ0n) is 23.1. The molecule has 0 aromatic heterocycles. The van der Waals surface area contributed by atoms with E-state index in [9.17, 15) is 22.4 Å². The average molecular weight is 588 g/mol. The molecule has 40 heavy (non-hydrogen) atoms. The van der Waals surface area contributed by atoms with Crippen molar-refractivity contribution in [1.29, 1.82) is 0 Å². The second-order valence-electron chi connectivity index (χ2n) is 9.67. The van der Waals surface area contributed by atoms with Gasteiger partial charge in [-0.3, -0.25) is 13.9 Å². The van der Waals surface area contributed by atoms with Crippen LogP contribution in [0.1, 0.15) is 44.7 Å². The fourth-order valence-corrected chi connectivity index (χ4v) is 5.74. The predicted octanol–water partition coefficient (Wildman–Crippen LogP) is 5.70. The Morgan fingerprint density at radius 2 is 1.62 bits per heavy atom. The van der Waals surface area contributed by atoms with Crippen molar-refractivity contribution in [3.05, 3.63) is 94.8 Å². The van der Waals surface area contributed by atoms with Gasteiger partial charge in [-0.05, 0) is 62.6 Å². The number of aryl methyl sites for hydroxylation is 1. The van der Waals surface area contributed by atoms with Crippen molar-refractivity contribution >= 4 is 39.1 Å². The highest BCUT2D eigenvalue weighted by atomic mass is 35.5. The van der Waals surface area contributed by atoms with Gasteiger partial charge in [0.1, 0.15) is 18.4 Å². The highest BCUT2D eigenvalue weighted by molar-refractivity contribution is 7.92. The first-order valence-electron chi connectivity index (χ1n) is 13.2. The van der Waals surface area contributed by atoms with Crippen LogP contribution in [0.2, 0.25) is 5.02 Å². The molecular formula is C30H35ClFN3O4S. The van der Waals surface area contributed by atoms with E-state index < -0.39 is 34.3 Å². The van der Waals surface area contributed by atoms with Gasteiger partial charge in [0.25, 0.3) is 10.0 Å². The second kappa shape index (κ2) is 13.8.